The molecule has 1 aromatic heterocycles. The van der Waals surface area contributed by atoms with Crippen molar-refractivity contribution in [1.29, 1.82) is 0 Å². The Balaban J connectivity index is 1.27. The second-order valence-electron chi connectivity index (χ2n) is 18.4. The number of esters is 1. The molecule has 260 valence electrons. The summed E-state index contributed by atoms with van der Waals surface area (Å²) in [7, 11) is 0. The van der Waals surface area contributed by atoms with Crippen LogP contribution in [0, 0.1) is 56.7 Å². The molecule has 0 saturated heterocycles. The second-order valence-corrected chi connectivity index (χ2v) is 19.1. The molecule has 1 heterocycles. The molecule has 10 atom stereocenters. The van der Waals surface area contributed by atoms with E-state index in [1.807, 2.05) is 5.38 Å². The first-order valence-electron chi connectivity index (χ1n) is 18.1. The molecule has 0 aliphatic heterocycles. The number of amides is 1. The fourth-order valence-corrected chi connectivity index (χ4v) is 13.3. The maximum absolute atomic E-state index is 13.5. The number of carbonyl (C=O) groups excluding carboxylic acids is 2. The molecule has 0 unspecified atom stereocenters. The van der Waals surface area contributed by atoms with Gasteiger partial charge in [0.1, 0.15) is 11.8 Å². The third kappa shape index (κ3) is 5.15. The summed E-state index contributed by atoms with van der Waals surface area (Å²) >= 11 is 1.47. The first-order valence-corrected chi connectivity index (χ1v) is 19.1. The van der Waals surface area contributed by atoms with Crippen LogP contribution >= 0.6 is 11.3 Å². The van der Waals surface area contributed by atoms with Gasteiger partial charge in [-0.1, -0.05) is 46.8 Å². The maximum Gasteiger partial charge on any atom is 0.309 e. The molecule has 2 N–H and O–H groups in total. The minimum absolute atomic E-state index is 0.0265. The molecule has 1 aromatic rings. The van der Waals surface area contributed by atoms with Crippen LogP contribution in [0.15, 0.2) is 23.0 Å². The number of hydrogen-bond acceptors (Lipinski definition) is 6. The predicted molar refractivity (Wildman–Crippen MR) is 185 cm³/mol. The number of carbonyl (C=O) groups is 3. The van der Waals surface area contributed by atoms with Crippen LogP contribution in [0.4, 0.5) is 0 Å². The maximum atomic E-state index is 13.5. The Bertz CT molecular complexity index is 1440. The smallest absolute Gasteiger partial charge is 0.309 e. The van der Waals surface area contributed by atoms with Crippen LogP contribution in [0.2, 0.25) is 0 Å². The number of rotatable bonds is 7. The number of nitrogens with one attached hydrogen (secondary N) is 1. The minimum atomic E-state index is -1.14. The van der Waals surface area contributed by atoms with E-state index in [9.17, 15) is 19.5 Å². The summed E-state index contributed by atoms with van der Waals surface area (Å²) in [6.07, 6.45) is 10.3. The number of allylic oxidation sites excluding steroid dienone is 1. The minimum Gasteiger partial charge on any atom is -0.481 e. The highest BCUT2D eigenvalue weighted by Gasteiger charge is 2.71. The first kappa shape index (κ1) is 34.6. The Morgan fingerprint density at radius 3 is 2.34 bits per heavy atom. The lowest BCUT2D eigenvalue weighted by molar-refractivity contribution is -0.246. The molecule has 7 nitrogen and oxygen atoms in total. The van der Waals surface area contributed by atoms with Crippen LogP contribution in [0.3, 0.4) is 0 Å². The van der Waals surface area contributed by atoms with Crippen LogP contribution in [0.1, 0.15) is 137 Å². The van der Waals surface area contributed by atoms with Crippen molar-refractivity contribution in [3.05, 3.63) is 28.7 Å². The summed E-state index contributed by atoms with van der Waals surface area (Å²) in [6.45, 7) is 22.2. The number of hydrogen-bond donors (Lipinski definition) is 2. The van der Waals surface area contributed by atoms with Gasteiger partial charge in [0.25, 0.3) is 5.91 Å². The number of carboxylic acids is 1. The van der Waals surface area contributed by atoms with Crippen molar-refractivity contribution in [2.45, 2.75) is 138 Å². The Labute approximate surface area is 286 Å². The van der Waals surface area contributed by atoms with Gasteiger partial charge in [-0.2, -0.15) is 0 Å². The number of aromatic nitrogens is 1. The Hall–Kier alpha value is -2.22. The average Bonchev–Trinajstić information content (AvgIpc) is 3.64. The summed E-state index contributed by atoms with van der Waals surface area (Å²) in [5.74, 6) is 0.893. The zero-order chi connectivity index (χ0) is 34.4. The molecule has 6 rings (SSSR count). The van der Waals surface area contributed by atoms with E-state index in [0.29, 0.717) is 35.3 Å². The Kier molecular flexibility index (Phi) is 8.41. The lowest BCUT2D eigenvalue weighted by Gasteiger charge is -2.73. The standard InChI is InChI=1S/C39H58N2O5S/c1-23(2)24-12-17-39(41-32(43)26-21-47-22-40-26)19-18-37(8)25(31(24)39)10-11-28-36(7)15-14-29(46-30(42)20-34(3,4)33(44)45)35(5,6)27(36)13-16-38(28,37)9/h21-22,24-25,27-29,31H,1,10-20H2,2-9H3,(H,41,43)(H,44,45)/t24-,25+,27-,28+,29-,31+,36-,37+,38+,39-/m0/s1. The lowest BCUT2D eigenvalue weighted by Crippen LogP contribution is -2.69. The molecular formula is C39H58N2O5S. The van der Waals surface area contributed by atoms with Gasteiger partial charge in [-0.25, -0.2) is 4.98 Å². The predicted octanol–water partition coefficient (Wildman–Crippen LogP) is 8.70. The van der Waals surface area contributed by atoms with E-state index in [4.69, 9.17) is 4.74 Å². The number of aliphatic carboxylic acids is 1. The van der Waals surface area contributed by atoms with Gasteiger partial charge in [0, 0.05) is 16.3 Å². The summed E-state index contributed by atoms with van der Waals surface area (Å²) in [4.78, 5) is 42.6. The van der Waals surface area contributed by atoms with Crippen LogP contribution in [-0.2, 0) is 14.3 Å². The molecule has 8 heteroatoms. The van der Waals surface area contributed by atoms with Crippen molar-refractivity contribution in [1.82, 2.24) is 10.3 Å². The molecule has 47 heavy (non-hydrogen) atoms. The SMILES string of the molecule is C=C(C)[C@@H]1CC[C@]2(NC(=O)c3cscn3)CC[C@]3(C)[C@H](CC[C@@H]4[C@@]5(C)CC[C@H](OC(=O)CC(C)(C)C(=O)O)C(C)(C)[C@@H]5CC[C@]43C)[C@@H]12. The van der Waals surface area contributed by atoms with E-state index in [0.717, 1.165) is 51.4 Å². The molecule has 0 aromatic carbocycles. The second kappa shape index (κ2) is 11.4. The summed E-state index contributed by atoms with van der Waals surface area (Å²) in [6, 6.07) is 0. The van der Waals surface area contributed by atoms with Crippen molar-refractivity contribution in [2.24, 2.45) is 56.7 Å². The lowest BCUT2D eigenvalue weighted by atomic mass is 9.32. The van der Waals surface area contributed by atoms with E-state index < -0.39 is 17.4 Å². The summed E-state index contributed by atoms with van der Waals surface area (Å²) in [5, 5.41) is 15.0. The Morgan fingerprint density at radius 1 is 0.979 bits per heavy atom. The van der Waals surface area contributed by atoms with Gasteiger partial charge >= 0.3 is 11.9 Å². The number of fused-ring (bicyclic) bond motifs is 7. The first-order chi connectivity index (χ1) is 21.8. The zero-order valence-electron chi connectivity index (χ0n) is 30.0. The largest absolute Gasteiger partial charge is 0.481 e. The molecule has 0 bridgehead atoms. The molecule has 5 aliphatic carbocycles. The van der Waals surface area contributed by atoms with E-state index >= 15 is 0 Å². The zero-order valence-corrected chi connectivity index (χ0v) is 30.9. The molecule has 5 saturated carbocycles. The third-order valence-electron chi connectivity index (χ3n) is 15.5. The molecule has 1 amide bonds. The van der Waals surface area contributed by atoms with Gasteiger partial charge in [0.2, 0.25) is 0 Å². The quantitative estimate of drug-likeness (QED) is 0.223. The van der Waals surface area contributed by atoms with Crippen molar-refractivity contribution in [3.8, 4) is 0 Å². The molecule has 5 fully saturated rings. The van der Waals surface area contributed by atoms with Gasteiger partial charge in [0.15, 0.2) is 0 Å². The number of thiazole rings is 1. The van der Waals surface area contributed by atoms with Gasteiger partial charge in [-0.15, -0.1) is 11.3 Å². The average molecular weight is 667 g/mol. The van der Waals surface area contributed by atoms with Crippen LogP contribution in [0.25, 0.3) is 0 Å². The van der Waals surface area contributed by atoms with Crippen molar-refractivity contribution in [2.75, 3.05) is 0 Å². The van der Waals surface area contributed by atoms with Gasteiger partial charge in [-0.05, 0) is 131 Å². The normalized spacial score (nSPS) is 42.2. The molecular weight excluding hydrogens is 609 g/mol. The van der Waals surface area contributed by atoms with Crippen LogP contribution < -0.4 is 5.32 Å². The topological polar surface area (TPSA) is 106 Å². The third-order valence-corrected chi connectivity index (χ3v) is 16.1. The number of nitrogens with zero attached hydrogens (tertiary/aromatic N) is 1. The van der Waals surface area contributed by atoms with E-state index in [1.165, 1.54) is 29.8 Å². The highest BCUT2D eigenvalue weighted by molar-refractivity contribution is 7.07. The van der Waals surface area contributed by atoms with Crippen molar-refractivity contribution in [3.63, 3.8) is 0 Å². The number of ether oxygens (including phenoxy) is 1. The highest BCUT2D eigenvalue weighted by atomic mass is 32.1. The molecule has 0 spiro atoms. The number of carboxylic acid groups (broad SMARTS) is 1. The van der Waals surface area contributed by atoms with E-state index in [2.05, 4.69) is 58.4 Å². The van der Waals surface area contributed by atoms with Crippen molar-refractivity contribution < 1.29 is 24.2 Å². The summed E-state index contributed by atoms with van der Waals surface area (Å²) < 4.78 is 6.16. The highest BCUT2D eigenvalue weighted by Crippen LogP contribution is 2.76. The Morgan fingerprint density at radius 2 is 1.70 bits per heavy atom. The summed E-state index contributed by atoms with van der Waals surface area (Å²) in [5.41, 5.74) is 2.42. The fraction of sp³-hybridized carbons (Fsp3) is 0.795. The fourth-order valence-electron chi connectivity index (χ4n) is 12.8. The van der Waals surface area contributed by atoms with Crippen LogP contribution in [0.5, 0.6) is 0 Å². The van der Waals surface area contributed by atoms with E-state index in [-0.39, 0.29) is 45.6 Å². The molecule has 0 radical (unpaired) electrons. The van der Waals surface area contributed by atoms with Crippen LogP contribution in [-0.4, -0.2) is 39.6 Å². The van der Waals surface area contributed by atoms with Gasteiger partial charge in [-0.3, -0.25) is 14.4 Å². The monoisotopic (exact) mass is 666 g/mol. The van der Waals surface area contributed by atoms with Crippen molar-refractivity contribution >= 4 is 29.2 Å². The van der Waals surface area contributed by atoms with Gasteiger partial charge in [0.05, 0.1) is 17.3 Å². The molecule has 5 aliphatic rings. The van der Waals surface area contributed by atoms with E-state index in [1.54, 1.807) is 19.4 Å². The van der Waals surface area contributed by atoms with Gasteiger partial charge < -0.3 is 15.2 Å².